The first-order valence-electron chi connectivity index (χ1n) is 9.26. The molecule has 1 aliphatic heterocycles. The number of nitrogens with one attached hydrogen (secondary N) is 1. The summed E-state index contributed by atoms with van der Waals surface area (Å²) in [5.41, 5.74) is 0.515. The molecule has 0 spiro atoms. The van der Waals surface area contributed by atoms with Crippen molar-refractivity contribution < 1.29 is 17.9 Å². The molecule has 9 heteroatoms. The lowest BCUT2D eigenvalue weighted by molar-refractivity contribution is 0.0986. The van der Waals surface area contributed by atoms with E-state index >= 15 is 0 Å². The molecule has 2 heterocycles. The first kappa shape index (κ1) is 20.2. The Balaban J connectivity index is 1.74. The Morgan fingerprint density at radius 1 is 1.10 bits per heavy atom. The largest absolute Gasteiger partial charge is 0.453 e. The Labute approximate surface area is 179 Å². The van der Waals surface area contributed by atoms with Gasteiger partial charge in [0.15, 0.2) is 11.6 Å². The van der Waals surface area contributed by atoms with Crippen LogP contribution >= 0.6 is 11.6 Å². The van der Waals surface area contributed by atoms with Crippen molar-refractivity contribution in [3.05, 3.63) is 71.4 Å². The van der Waals surface area contributed by atoms with Gasteiger partial charge >= 0.3 is 0 Å². The molecule has 1 aliphatic rings. The van der Waals surface area contributed by atoms with E-state index in [1.165, 1.54) is 23.1 Å². The van der Waals surface area contributed by atoms with E-state index in [1.54, 1.807) is 42.6 Å². The number of fused-ring (bicyclic) bond motifs is 2. The molecule has 3 aromatic rings. The van der Waals surface area contributed by atoms with Crippen LogP contribution in [0.4, 0.5) is 11.5 Å². The smallest absolute Gasteiger partial charge is 0.263 e. The van der Waals surface area contributed by atoms with Gasteiger partial charge in [0, 0.05) is 23.5 Å². The number of carbonyl (C=O) groups is 1. The summed E-state index contributed by atoms with van der Waals surface area (Å²) >= 11 is 5.85. The molecular weight excluding hydrogens is 426 g/mol. The SMILES string of the molecule is CCCN1C(=O)c2cc(S(=O)(=O)Nc3ccc(Cl)cc3)ccc2Oc2cccnc21. The Hall–Kier alpha value is -3.10. The quantitative estimate of drug-likeness (QED) is 0.617. The molecule has 4 rings (SSSR count). The number of hydrogen-bond donors (Lipinski definition) is 1. The van der Waals surface area contributed by atoms with Crippen LogP contribution in [0.2, 0.25) is 5.02 Å². The van der Waals surface area contributed by atoms with Gasteiger partial charge in [0.25, 0.3) is 15.9 Å². The van der Waals surface area contributed by atoms with E-state index in [1.807, 2.05) is 6.92 Å². The molecule has 0 radical (unpaired) electrons. The summed E-state index contributed by atoms with van der Waals surface area (Å²) in [5, 5.41) is 0.495. The average molecular weight is 444 g/mol. The average Bonchev–Trinajstić information content (AvgIpc) is 2.84. The van der Waals surface area contributed by atoms with Gasteiger partial charge in [0.1, 0.15) is 5.75 Å². The molecule has 30 heavy (non-hydrogen) atoms. The Morgan fingerprint density at radius 3 is 2.60 bits per heavy atom. The molecule has 7 nitrogen and oxygen atoms in total. The zero-order valence-electron chi connectivity index (χ0n) is 16.0. The number of sulfonamides is 1. The molecule has 154 valence electrons. The third kappa shape index (κ3) is 3.83. The minimum absolute atomic E-state index is 0.0523. The summed E-state index contributed by atoms with van der Waals surface area (Å²) in [5.74, 6) is 0.753. The van der Waals surface area contributed by atoms with Crippen LogP contribution in [-0.4, -0.2) is 25.9 Å². The standard InChI is InChI=1S/C21H18ClN3O4S/c1-2-12-25-20-19(4-3-11-23-20)29-18-10-9-16(13-17(18)21(25)26)30(27,28)24-15-7-5-14(22)6-8-15/h3-11,13,24H,2,12H2,1H3. The van der Waals surface area contributed by atoms with Crippen LogP contribution in [0.1, 0.15) is 23.7 Å². The number of halogens is 1. The first-order valence-corrected chi connectivity index (χ1v) is 11.1. The summed E-state index contributed by atoms with van der Waals surface area (Å²) in [7, 11) is -3.93. The molecule has 0 fully saturated rings. The van der Waals surface area contributed by atoms with E-state index < -0.39 is 10.0 Å². The van der Waals surface area contributed by atoms with Gasteiger partial charge in [-0.3, -0.25) is 14.4 Å². The van der Waals surface area contributed by atoms with Gasteiger partial charge in [0.2, 0.25) is 0 Å². The van der Waals surface area contributed by atoms with Crippen LogP contribution in [0.15, 0.2) is 65.7 Å². The molecule has 0 saturated carbocycles. The van der Waals surface area contributed by atoms with Crippen LogP contribution in [0.3, 0.4) is 0 Å². The fourth-order valence-electron chi connectivity index (χ4n) is 3.12. The number of amides is 1. The molecule has 0 atom stereocenters. The highest BCUT2D eigenvalue weighted by Gasteiger charge is 2.30. The molecule has 0 aliphatic carbocycles. The number of anilines is 2. The van der Waals surface area contributed by atoms with Gasteiger partial charge in [0.05, 0.1) is 10.5 Å². The Morgan fingerprint density at radius 2 is 1.87 bits per heavy atom. The van der Waals surface area contributed by atoms with Crippen LogP contribution in [-0.2, 0) is 10.0 Å². The van der Waals surface area contributed by atoms with E-state index in [9.17, 15) is 13.2 Å². The molecule has 0 unspecified atom stereocenters. The van der Waals surface area contributed by atoms with Gasteiger partial charge in [-0.2, -0.15) is 0 Å². The van der Waals surface area contributed by atoms with Gasteiger partial charge in [-0.1, -0.05) is 18.5 Å². The fourth-order valence-corrected chi connectivity index (χ4v) is 4.33. The molecule has 0 bridgehead atoms. The van der Waals surface area contributed by atoms with Crippen LogP contribution in [0.25, 0.3) is 0 Å². The van der Waals surface area contributed by atoms with Crippen LogP contribution in [0.5, 0.6) is 11.5 Å². The summed E-state index contributed by atoms with van der Waals surface area (Å²) in [4.78, 5) is 19.0. The lowest BCUT2D eigenvalue weighted by atomic mass is 10.1. The summed E-state index contributed by atoms with van der Waals surface area (Å²) in [6, 6.07) is 13.9. The zero-order chi connectivity index (χ0) is 21.3. The lowest BCUT2D eigenvalue weighted by Gasteiger charge is -2.20. The number of rotatable bonds is 5. The lowest BCUT2D eigenvalue weighted by Crippen LogP contribution is -2.31. The highest BCUT2D eigenvalue weighted by atomic mass is 35.5. The molecule has 2 aromatic carbocycles. The summed E-state index contributed by atoms with van der Waals surface area (Å²) in [6.45, 7) is 2.37. The molecule has 1 amide bonds. The highest BCUT2D eigenvalue weighted by molar-refractivity contribution is 7.92. The normalized spacial score (nSPS) is 13.1. The fraction of sp³-hybridized carbons (Fsp3) is 0.143. The van der Waals surface area contributed by atoms with Crippen molar-refractivity contribution in [2.75, 3.05) is 16.2 Å². The predicted octanol–water partition coefficient (Wildman–Crippen LogP) is 4.70. The second-order valence-electron chi connectivity index (χ2n) is 6.65. The topological polar surface area (TPSA) is 88.6 Å². The van der Waals surface area contributed by atoms with Crippen molar-refractivity contribution in [2.24, 2.45) is 0 Å². The molecule has 1 N–H and O–H groups in total. The summed E-state index contributed by atoms with van der Waals surface area (Å²) < 4.78 is 34.1. The maximum Gasteiger partial charge on any atom is 0.263 e. The molecule has 0 saturated heterocycles. The third-order valence-electron chi connectivity index (χ3n) is 4.51. The monoisotopic (exact) mass is 443 g/mol. The van der Waals surface area contributed by atoms with Crippen LogP contribution in [0, 0.1) is 0 Å². The minimum atomic E-state index is -3.93. The summed E-state index contributed by atoms with van der Waals surface area (Å²) in [6.07, 6.45) is 2.28. The third-order valence-corrected chi connectivity index (χ3v) is 6.14. The number of benzene rings is 2. The van der Waals surface area contributed by atoms with Crippen molar-refractivity contribution in [2.45, 2.75) is 18.2 Å². The van der Waals surface area contributed by atoms with Gasteiger partial charge < -0.3 is 4.74 Å². The van der Waals surface area contributed by atoms with Gasteiger partial charge in [-0.25, -0.2) is 13.4 Å². The van der Waals surface area contributed by atoms with Crippen molar-refractivity contribution in [3.63, 3.8) is 0 Å². The van der Waals surface area contributed by atoms with Crippen molar-refractivity contribution in [1.82, 2.24) is 4.98 Å². The highest BCUT2D eigenvalue weighted by Crippen LogP contribution is 2.38. The van der Waals surface area contributed by atoms with E-state index in [4.69, 9.17) is 16.3 Å². The van der Waals surface area contributed by atoms with E-state index in [2.05, 4.69) is 9.71 Å². The van der Waals surface area contributed by atoms with E-state index in [0.717, 1.165) is 0 Å². The first-order chi connectivity index (χ1) is 14.4. The number of aromatic nitrogens is 1. The second kappa shape index (κ2) is 7.97. The Kier molecular flexibility index (Phi) is 5.36. The molecule has 1 aromatic heterocycles. The predicted molar refractivity (Wildman–Crippen MR) is 115 cm³/mol. The number of pyridine rings is 1. The minimum Gasteiger partial charge on any atom is -0.453 e. The zero-order valence-corrected chi connectivity index (χ0v) is 17.6. The van der Waals surface area contributed by atoms with Gasteiger partial charge in [-0.15, -0.1) is 0 Å². The van der Waals surface area contributed by atoms with Crippen molar-refractivity contribution in [1.29, 1.82) is 0 Å². The number of nitrogens with zero attached hydrogens (tertiary/aromatic N) is 2. The maximum absolute atomic E-state index is 13.2. The number of hydrogen-bond acceptors (Lipinski definition) is 5. The van der Waals surface area contributed by atoms with E-state index in [0.29, 0.717) is 35.2 Å². The van der Waals surface area contributed by atoms with E-state index in [-0.39, 0.29) is 22.1 Å². The second-order valence-corrected chi connectivity index (χ2v) is 8.77. The number of ether oxygens (including phenoxy) is 1. The van der Waals surface area contributed by atoms with Gasteiger partial charge in [-0.05, 0) is 61.0 Å². The van der Waals surface area contributed by atoms with Crippen molar-refractivity contribution in [3.8, 4) is 11.5 Å². The Bertz CT molecular complexity index is 1210. The van der Waals surface area contributed by atoms with Crippen molar-refractivity contribution >= 4 is 39.0 Å². The number of carbonyl (C=O) groups excluding carboxylic acids is 1. The van der Waals surface area contributed by atoms with Crippen LogP contribution < -0.4 is 14.4 Å². The molecular formula is C21H18ClN3O4S. The maximum atomic E-state index is 13.2.